The van der Waals surface area contributed by atoms with Crippen LogP contribution in [0.1, 0.15) is 26.2 Å². The van der Waals surface area contributed by atoms with Crippen molar-refractivity contribution in [3.05, 3.63) is 0 Å². The van der Waals surface area contributed by atoms with Gasteiger partial charge in [0.05, 0.1) is 0 Å². The van der Waals surface area contributed by atoms with Crippen LogP contribution in [0.4, 0.5) is 0 Å². The lowest BCUT2D eigenvalue weighted by Crippen LogP contribution is -2.38. The fraction of sp³-hybridized carbons (Fsp3) is 0.778. The molecule has 0 unspecified atom stereocenters. The van der Waals surface area contributed by atoms with Crippen LogP contribution in [0.2, 0.25) is 0 Å². The molecule has 1 amide bonds. The number of thiocarbonyl (C=S) groups is 1. The van der Waals surface area contributed by atoms with Gasteiger partial charge in [-0.15, -0.1) is 0 Å². The second-order valence-electron chi connectivity index (χ2n) is 3.38. The highest BCUT2D eigenvalue weighted by Gasteiger charge is 2.21. The lowest BCUT2D eigenvalue weighted by atomic mass is 10.4. The van der Waals surface area contributed by atoms with Gasteiger partial charge in [-0.05, 0) is 32.0 Å². The highest BCUT2D eigenvalue weighted by atomic mass is 32.1. The number of hydrogen-bond donors (Lipinski definition) is 3. The molecule has 5 heteroatoms. The third kappa shape index (κ3) is 5.01. The molecular weight excluding hydrogens is 198 g/mol. The van der Waals surface area contributed by atoms with Crippen molar-refractivity contribution in [2.24, 2.45) is 0 Å². The second kappa shape index (κ2) is 5.80. The van der Waals surface area contributed by atoms with Crippen LogP contribution in [0.3, 0.4) is 0 Å². The molecule has 0 atom stereocenters. The van der Waals surface area contributed by atoms with E-state index in [1.165, 1.54) is 12.8 Å². The average molecular weight is 215 g/mol. The molecule has 0 spiro atoms. The van der Waals surface area contributed by atoms with Crippen molar-refractivity contribution in [3.63, 3.8) is 0 Å². The summed E-state index contributed by atoms with van der Waals surface area (Å²) in [6.07, 6.45) is 2.89. The molecule has 1 aliphatic rings. The van der Waals surface area contributed by atoms with Crippen molar-refractivity contribution in [2.75, 3.05) is 13.1 Å². The Morgan fingerprint density at radius 2 is 2.14 bits per heavy atom. The predicted octanol–water partition coefficient (Wildman–Crippen LogP) is 0.139. The van der Waals surface area contributed by atoms with Crippen LogP contribution in [-0.4, -0.2) is 30.2 Å². The van der Waals surface area contributed by atoms with Crippen LogP contribution in [0, 0.1) is 0 Å². The first-order chi connectivity index (χ1) is 6.72. The van der Waals surface area contributed by atoms with Crippen LogP contribution < -0.4 is 16.0 Å². The van der Waals surface area contributed by atoms with E-state index in [-0.39, 0.29) is 5.91 Å². The molecule has 0 aliphatic heterocycles. The Labute approximate surface area is 89.8 Å². The first-order valence-corrected chi connectivity index (χ1v) is 5.44. The van der Waals surface area contributed by atoms with E-state index in [0.29, 0.717) is 30.7 Å². The summed E-state index contributed by atoms with van der Waals surface area (Å²) in [5.41, 5.74) is 0. The van der Waals surface area contributed by atoms with Gasteiger partial charge in [0, 0.05) is 25.6 Å². The maximum absolute atomic E-state index is 11.0. The molecule has 1 saturated carbocycles. The molecule has 1 rings (SSSR count). The van der Waals surface area contributed by atoms with Crippen molar-refractivity contribution in [3.8, 4) is 0 Å². The van der Waals surface area contributed by atoms with Crippen molar-refractivity contribution >= 4 is 23.2 Å². The molecule has 0 aromatic heterocycles. The first-order valence-electron chi connectivity index (χ1n) is 5.03. The molecule has 0 heterocycles. The number of rotatable bonds is 5. The quantitative estimate of drug-likeness (QED) is 0.571. The van der Waals surface area contributed by atoms with Crippen LogP contribution in [0.15, 0.2) is 0 Å². The van der Waals surface area contributed by atoms with Gasteiger partial charge in [-0.25, -0.2) is 0 Å². The van der Waals surface area contributed by atoms with E-state index in [0.717, 1.165) is 0 Å². The SMILES string of the molecule is CCNC(=O)CCNC(=S)NC1CC1. The Kier molecular flexibility index (Phi) is 4.65. The summed E-state index contributed by atoms with van der Waals surface area (Å²) in [6, 6.07) is 0.569. The first kappa shape index (κ1) is 11.2. The van der Waals surface area contributed by atoms with Crippen LogP contribution >= 0.6 is 12.2 Å². The molecule has 1 fully saturated rings. The molecule has 0 saturated heterocycles. The van der Waals surface area contributed by atoms with Gasteiger partial charge >= 0.3 is 0 Å². The van der Waals surface area contributed by atoms with Crippen molar-refractivity contribution in [1.82, 2.24) is 16.0 Å². The van der Waals surface area contributed by atoms with Crippen LogP contribution in [0.5, 0.6) is 0 Å². The summed E-state index contributed by atoms with van der Waals surface area (Å²) in [4.78, 5) is 11.0. The zero-order chi connectivity index (χ0) is 10.4. The summed E-state index contributed by atoms with van der Waals surface area (Å²) in [5, 5.41) is 9.54. The Morgan fingerprint density at radius 1 is 1.43 bits per heavy atom. The van der Waals surface area contributed by atoms with Gasteiger partial charge in [0.2, 0.25) is 5.91 Å². The third-order valence-electron chi connectivity index (χ3n) is 1.92. The topological polar surface area (TPSA) is 53.2 Å². The van der Waals surface area contributed by atoms with E-state index in [2.05, 4.69) is 16.0 Å². The normalized spacial score (nSPS) is 14.6. The number of nitrogens with one attached hydrogen (secondary N) is 3. The molecule has 80 valence electrons. The fourth-order valence-electron chi connectivity index (χ4n) is 1.04. The minimum atomic E-state index is 0.0641. The lowest BCUT2D eigenvalue weighted by molar-refractivity contribution is -0.120. The van der Waals surface area contributed by atoms with E-state index in [4.69, 9.17) is 12.2 Å². The minimum absolute atomic E-state index is 0.0641. The zero-order valence-corrected chi connectivity index (χ0v) is 9.25. The Bertz CT molecular complexity index is 216. The van der Waals surface area contributed by atoms with Crippen molar-refractivity contribution in [1.29, 1.82) is 0 Å². The van der Waals surface area contributed by atoms with Gasteiger partial charge in [-0.1, -0.05) is 0 Å². The number of amides is 1. The zero-order valence-electron chi connectivity index (χ0n) is 8.43. The molecular formula is C9H17N3OS. The summed E-state index contributed by atoms with van der Waals surface area (Å²) >= 11 is 5.03. The van der Waals surface area contributed by atoms with E-state index >= 15 is 0 Å². The summed E-state index contributed by atoms with van der Waals surface area (Å²) in [6.45, 7) is 3.19. The van der Waals surface area contributed by atoms with Gasteiger partial charge in [-0.2, -0.15) is 0 Å². The summed E-state index contributed by atoms with van der Waals surface area (Å²) in [5.74, 6) is 0.0641. The summed E-state index contributed by atoms with van der Waals surface area (Å²) in [7, 11) is 0. The van der Waals surface area contributed by atoms with Gasteiger partial charge in [0.15, 0.2) is 5.11 Å². The maximum atomic E-state index is 11.0. The number of hydrogen-bond acceptors (Lipinski definition) is 2. The molecule has 1 aliphatic carbocycles. The average Bonchev–Trinajstić information content (AvgIpc) is 2.88. The highest BCUT2D eigenvalue weighted by Crippen LogP contribution is 2.18. The lowest BCUT2D eigenvalue weighted by Gasteiger charge is -2.08. The monoisotopic (exact) mass is 215 g/mol. The van der Waals surface area contributed by atoms with E-state index in [1.54, 1.807) is 0 Å². The smallest absolute Gasteiger partial charge is 0.221 e. The van der Waals surface area contributed by atoms with Crippen molar-refractivity contribution in [2.45, 2.75) is 32.2 Å². The van der Waals surface area contributed by atoms with Crippen molar-refractivity contribution < 1.29 is 4.79 Å². The molecule has 3 N–H and O–H groups in total. The van der Waals surface area contributed by atoms with E-state index in [1.807, 2.05) is 6.92 Å². The van der Waals surface area contributed by atoms with Gasteiger partial charge in [0.25, 0.3) is 0 Å². The molecule has 0 radical (unpaired) electrons. The van der Waals surface area contributed by atoms with Gasteiger partial charge in [0.1, 0.15) is 0 Å². The Hall–Kier alpha value is -0.840. The van der Waals surface area contributed by atoms with E-state index in [9.17, 15) is 4.79 Å². The maximum Gasteiger partial charge on any atom is 0.221 e. The standard InChI is InChI=1S/C9H17N3OS/c1-2-10-8(13)5-6-11-9(14)12-7-3-4-7/h7H,2-6H2,1H3,(H,10,13)(H2,11,12,14). The fourth-order valence-corrected chi connectivity index (χ4v) is 1.31. The molecule has 0 bridgehead atoms. The molecule has 0 aromatic rings. The Morgan fingerprint density at radius 3 is 2.71 bits per heavy atom. The van der Waals surface area contributed by atoms with Crippen LogP contribution in [0.25, 0.3) is 0 Å². The van der Waals surface area contributed by atoms with Gasteiger partial charge in [-0.3, -0.25) is 4.79 Å². The third-order valence-corrected chi connectivity index (χ3v) is 2.19. The summed E-state index contributed by atoms with van der Waals surface area (Å²) < 4.78 is 0. The van der Waals surface area contributed by atoms with E-state index < -0.39 is 0 Å². The molecule has 4 nitrogen and oxygen atoms in total. The van der Waals surface area contributed by atoms with Gasteiger partial charge < -0.3 is 16.0 Å². The predicted molar refractivity (Wildman–Crippen MR) is 60.1 cm³/mol. The molecule has 14 heavy (non-hydrogen) atoms. The van der Waals surface area contributed by atoms with Crippen LogP contribution in [-0.2, 0) is 4.79 Å². The largest absolute Gasteiger partial charge is 0.362 e. The Balaban J connectivity index is 1.96. The highest BCUT2D eigenvalue weighted by molar-refractivity contribution is 7.80. The minimum Gasteiger partial charge on any atom is -0.362 e. The second-order valence-corrected chi connectivity index (χ2v) is 3.79. The number of carbonyl (C=O) groups is 1. The number of carbonyl (C=O) groups excluding carboxylic acids is 1. The molecule has 0 aromatic carbocycles.